The number of likely N-dealkylation sites (tertiary alicyclic amines) is 1. The number of nitrogens with zero attached hydrogens (tertiary/aromatic N) is 3. The Hall–Kier alpha value is -3.56. The molecule has 1 atom stereocenters. The standard InChI is InChI=1S/C28H30N4O4S/c1-20-7-2-3-10-23(20)27(35)32-24(26(34)30-18-21-8-4-5-13-29-21)19-36-28(32)11-14-31(15-12-28)25(33)17-22-9-6-16-37-22/h2-10,13,16,24H,11-12,14-15,17-19H2,1H3,(H,30,34)/t24-/m0/s1. The molecule has 1 spiro atoms. The maximum Gasteiger partial charge on any atom is 0.257 e. The molecule has 2 fully saturated rings. The molecule has 2 aliphatic heterocycles. The van der Waals surface area contributed by atoms with Crippen LogP contribution in [-0.2, 0) is 27.3 Å². The number of carbonyl (C=O) groups excluding carboxylic acids is 3. The van der Waals surface area contributed by atoms with Crippen molar-refractivity contribution in [2.75, 3.05) is 19.7 Å². The van der Waals surface area contributed by atoms with Crippen LogP contribution in [0.2, 0.25) is 0 Å². The number of benzene rings is 1. The van der Waals surface area contributed by atoms with Gasteiger partial charge in [-0.05, 0) is 42.1 Å². The van der Waals surface area contributed by atoms with E-state index in [1.54, 1.807) is 28.5 Å². The topological polar surface area (TPSA) is 91.8 Å². The summed E-state index contributed by atoms with van der Waals surface area (Å²) in [6, 6.07) is 16.0. The number of aryl methyl sites for hydroxylation is 1. The average molecular weight is 519 g/mol. The highest BCUT2D eigenvalue weighted by atomic mass is 32.1. The van der Waals surface area contributed by atoms with E-state index in [1.165, 1.54) is 0 Å². The number of hydrogen-bond donors (Lipinski definition) is 1. The molecule has 0 saturated carbocycles. The summed E-state index contributed by atoms with van der Waals surface area (Å²) in [6.45, 7) is 3.18. The summed E-state index contributed by atoms with van der Waals surface area (Å²) in [7, 11) is 0. The van der Waals surface area contributed by atoms with Gasteiger partial charge in [0.05, 0.1) is 25.3 Å². The molecule has 0 bridgehead atoms. The van der Waals surface area contributed by atoms with Crippen LogP contribution in [0.25, 0.3) is 0 Å². The van der Waals surface area contributed by atoms with E-state index >= 15 is 0 Å². The van der Waals surface area contributed by atoms with Crippen molar-refractivity contribution >= 4 is 29.1 Å². The fraction of sp³-hybridized carbons (Fsp3) is 0.357. The zero-order chi connectivity index (χ0) is 25.8. The predicted octanol–water partition coefficient (Wildman–Crippen LogP) is 3.17. The molecule has 0 radical (unpaired) electrons. The third kappa shape index (κ3) is 5.28. The first-order valence-corrected chi connectivity index (χ1v) is 13.4. The molecular formula is C28H30N4O4S. The normalized spacial score (nSPS) is 18.7. The molecule has 8 nitrogen and oxygen atoms in total. The Morgan fingerprint density at radius 2 is 1.86 bits per heavy atom. The van der Waals surface area contributed by atoms with Gasteiger partial charge in [-0.2, -0.15) is 0 Å². The first-order chi connectivity index (χ1) is 18.0. The number of pyridine rings is 1. The SMILES string of the molecule is Cc1ccccc1C(=O)N1[C@H](C(=O)NCc2ccccn2)COC12CCN(C(=O)Cc1cccs1)CC2. The second-order valence-electron chi connectivity index (χ2n) is 9.44. The van der Waals surface area contributed by atoms with Gasteiger partial charge in [-0.1, -0.05) is 30.3 Å². The minimum Gasteiger partial charge on any atom is -0.353 e. The summed E-state index contributed by atoms with van der Waals surface area (Å²) in [5.74, 6) is -0.440. The summed E-state index contributed by atoms with van der Waals surface area (Å²) in [4.78, 5) is 48.9. The lowest BCUT2D eigenvalue weighted by Gasteiger charge is -2.44. The van der Waals surface area contributed by atoms with Gasteiger partial charge in [0, 0.05) is 42.6 Å². The number of nitrogens with one attached hydrogen (secondary N) is 1. The van der Waals surface area contributed by atoms with Gasteiger partial charge in [-0.3, -0.25) is 24.3 Å². The lowest BCUT2D eigenvalue weighted by atomic mass is 9.95. The number of hydrogen-bond acceptors (Lipinski definition) is 6. The minimum absolute atomic E-state index is 0.0664. The van der Waals surface area contributed by atoms with Gasteiger partial charge in [0.2, 0.25) is 11.8 Å². The van der Waals surface area contributed by atoms with Crippen LogP contribution in [-0.4, -0.2) is 64.0 Å². The van der Waals surface area contributed by atoms with Crippen LogP contribution in [0.3, 0.4) is 0 Å². The van der Waals surface area contributed by atoms with Crippen molar-refractivity contribution in [1.82, 2.24) is 20.1 Å². The summed E-state index contributed by atoms with van der Waals surface area (Å²) in [5, 5.41) is 4.89. The third-order valence-corrected chi connectivity index (χ3v) is 8.01. The number of thiophene rings is 1. The van der Waals surface area contributed by atoms with Gasteiger partial charge in [0.15, 0.2) is 0 Å². The molecule has 0 aliphatic carbocycles. The van der Waals surface area contributed by atoms with Gasteiger partial charge < -0.3 is 15.0 Å². The van der Waals surface area contributed by atoms with E-state index in [0.717, 1.165) is 16.1 Å². The summed E-state index contributed by atoms with van der Waals surface area (Å²) in [6.07, 6.45) is 2.95. The number of carbonyl (C=O) groups is 3. The first-order valence-electron chi connectivity index (χ1n) is 12.5. The van der Waals surface area contributed by atoms with Crippen LogP contribution < -0.4 is 5.32 Å². The first kappa shape index (κ1) is 25.1. The molecule has 1 aromatic carbocycles. The summed E-state index contributed by atoms with van der Waals surface area (Å²) in [5.41, 5.74) is 1.18. The quantitative estimate of drug-likeness (QED) is 0.541. The largest absolute Gasteiger partial charge is 0.353 e. The second-order valence-corrected chi connectivity index (χ2v) is 10.5. The minimum atomic E-state index is -0.938. The van der Waals surface area contributed by atoms with Crippen LogP contribution in [0, 0.1) is 6.92 Å². The van der Waals surface area contributed by atoms with Crippen molar-refractivity contribution in [2.45, 2.75) is 44.5 Å². The Morgan fingerprint density at radius 1 is 1.08 bits per heavy atom. The highest BCUT2D eigenvalue weighted by Crippen LogP contribution is 2.39. The molecule has 3 aromatic rings. The fourth-order valence-electron chi connectivity index (χ4n) is 5.09. The van der Waals surface area contributed by atoms with Crippen LogP contribution in [0.5, 0.6) is 0 Å². The van der Waals surface area contributed by atoms with Gasteiger partial charge in [0.1, 0.15) is 11.8 Å². The Kier molecular flexibility index (Phi) is 7.34. The number of amides is 3. The fourth-order valence-corrected chi connectivity index (χ4v) is 5.78. The Morgan fingerprint density at radius 3 is 2.57 bits per heavy atom. The summed E-state index contributed by atoms with van der Waals surface area (Å²) >= 11 is 1.57. The van der Waals surface area contributed by atoms with Gasteiger partial charge in [-0.15, -0.1) is 11.3 Å². The van der Waals surface area contributed by atoms with E-state index in [0.29, 0.717) is 37.9 Å². The van der Waals surface area contributed by atoms with E-state index < -0.39 is 11.8 Å². The average Bonchev–Trinajstić information content (AvgIpc) is 3.56. The van der Waals surface area contributed by atoms with Gasteiger partial charge in [-0.25, -0.2) is 0 Å². The number of rotatable bonds is 6. The Labute approximate surface area is 220 Å². The molecule has 2 saturated heterocycles. The van der Waals surface area contributed by atoms with E-state index in [4.69, 9.17) is 4.74 Å². The van der Waals surface area contributed by atoms with E-state index in [2.05, 4.69) is 10.3 Å². The highest BCUT2D eigenvalue weighted by Gasteiger charge is 2.54. The van der Waals surface area contributed by atoms with Gasteiger partial charge >= 0.3 is 0 Å². The smallest absolute Gasteiger partial charge is 0.257 e. The lowest BCUT2D eigenvalue weighted by Crippen LogP contribution is -2.60. The molecule has 5 rings (SSSR count). The van der Waals surface area contributed by atoms with Crippen molar-refractivity contribution in [2.24, 2.45) is 0 Å². The molecule has 9 heteroatoms. The van der Waals surface area contributed by atoms with E-state index in [-0.39, 0.29) is 30.9 Å². The molecule has 2 aromatic heterocycles. The van der Waals surface area contributed by atoms with Crippen LogP contribution >= 0.6 is 11.3 Å². The van der Waals surface area contributed by atoms with Crippen molar-refractivity contribution in [3.8, 4) is 0 Å². The second kappa shape index (κ2) is 10.8. The highest BCUT2D eigenvalue weighted by molar-refractivity contribution is 7.10. The molecule has 192 valence electrons. The van der Waals surface area contributed by atoms with Crippen molar-refractivity contribution in [1.29, 1.82) is 0 Å². The maximum absolute atomic E-state index is 13.9. The molecular weight excluding hydrogens is 488 g/mol. The lowest BCUT2D eigenvalue weighted by molar-refractivity contribution is -0.143. The van der Waals surface area contributed by atoms with Gasteiger partial charge in [0.25, 0.3) is 5.91 Å². The Balaban J connectivity index is 1.35. The van der Waals surface area contributed by atoms with Crippen molar-refractivity contribution in [3.05, 3.63) is 87.9 Å². The van der Waals surface area contributed by atoms with E-state index in [9.17, 15) is 14.4 Å². The van der Waals surface area contributed by atoms with Crippen LogP contribution in [0.15, 0.2) is 66.2 Å². The number of piperidine rings is 1. The molecule has 4 heterocycles. The van der Waals surface area contributed by atoms with Crippen molar-refractivity contribution in [3.63, 3.8) is 0 Å². The summed E-state index contributed by atoms with van der Waals surface area (Å²) < 4.78 is 6.29. The molecule has 37 heavy (non-hydrogen) atoms. The monoisotopic (exact) mass is 518 g/mol. The maximum atomic E-state index is 13.9. The number of ether oxygens (including phenoxy) is 1. The zero-order valence-corrected chi connectivity index (χ0v) is 21.6. The molecule has 2 aliphatic rings. The van der Waals surface area contributed by atoms with Crippen molar-refractivity contribution < 1.29 is 19.1 Å². The van der Waals surface area contributed by atoms with E-state index in [1.807, 2.05) is 65.7 Å². The zero-order valence-electron chi connectivity index (χ0n) is 20.8. The predicted molar refractivity (Wildman–Crippen MR) is 140 cm³/mol. The molecule has 0 unspecified atom stereocenters. The number of aromatic nitrogens is 1. The van der Waals surface area contributed by atoms with Crippen LogP contribution in [0.1, 0.15) is 39.3 Å². The third-order valence-electron chi connectivity index (χ3n) is 7.13. The van der Waals surface area contributed by atoms with Crippen LogP contribution in [0.4, 0.5) is 0 Å². The molecule has 1 N–H and O–H groups in total. The molecule has 3 amide bonds. The Bertz CT molecular complexity index is 1260.